The van der Waals surface area contributed by atoms with E-state index < -0.39 is 5.97 Å². The molecule has 2 atom stereocenters. The number of carbonyl (C=O) groups is 2. The van der Waals surface area contributed by atoms with Gasteiger partial charge in [0.15, 0.2) is 0 Å². The highest BCUT2D eigenvalue weighted by molar-refractivity contribution is 5.95. The van der Waals surface area contributed by atoms with Gasteiger partial charge < -0.3 is 10.0 Å². The van der Waals surface area contributed by atoms with Gasteiger partial charge in [-0.05, 0) is 31.4 Å². The number of likely N-dealkylation sites (tertiary alicyclic amines) is 1. The summed E-state index contributed by atoms with van der Waals surface area (Å²) in [6.07, 6.45) is 2.09. The third kappa shape index (κ3) is 2.91. The lowest BCUT2D eigenvalue weighted by molar-refractivity contribution is -0.145. The largest absolute Gasteiger partial charge is 0.481 e. The molecule has 1 aliphatic heterocycles. The van der Waals surface area contributed by atoms with E-state index in [1.165, 1.54) is 0 Å². The molecule has 1 N–H and O–H groups in total. The summed E-state index contributed by atoms with van der Waals surface area (Å²) in [4.78, 5) is 25.8. The number of aliphatic carboxylic acids is 1. The number of hydrogen-bond donors (Lipinski definition) is 1. The number of amides is 1. The molecule has 1 aromatic heterocycles. The minimum atomic E-state index is -0.775. The van der Waals surface area contributed by atoms with Crippen LogP contribution in [-0.4, -0.2) is 44.8 Å². The topological polar surface area (TPSA) is 75.4 Å². The van der Waals surface area contributed by atoms with Gasteiger partial charge in [0.05, 0.1) is 29.1 Å². The summed E-state index contributed by atoms with van der Waals surface area (Å²) in [5, 5.41) is 13.5. The van der Waals surface area contributed by atoms with Gasteiger partial charge in [-0.3, -0.25) is 9.59 Å². The van der Waals surface area contributed by atoms with Gasteiger partial charge in [-0.1, -0.05) is 25.1 Å². The SMILES string of the molecule is Cc1c(C(=O)N2CCC(C(=O)O)C(C)C2)cnn1-c1ccccc1. The molecule has 0 bridgehead atoms. The van der Waals surface area contributed by atoms with Crippen molar-refractivity contribution in [1.29, 1.82) is 0 Å². The molecule has 24 heavy (non-hydrogen) atoms. The van der Waals surface area contributed by atoms with E-state index in [-0.39, 0.29) is 17.7 Å². The van der Waals surface area contributed by atoms with Gasteiger partial charge in [0.2, 0.25) is 0 Å². The quantitative estimate of drug-likeness (QED) is 0.939. The average Bonchev–Trinajstić information content (AvgIpc) is 2.96. The molecule has 0 saturated carbocycles. The van der Waals surface area contributed by atoms with E-state index in [1.807, 2.05) is 44.2 Å². The first-order valence-electron chi connectivity index (χ1n) is 8.11. The fraction of sp³-hybridized carbons (Fsp3) is 0.389. The molecule has 6 heteroatoms. The van der Waals surface area contributed by atoms with Crippen LogP contribution in [0.3, 0.4) is 0 Å². The maximum absolute atomic E-state index is 12.8. The number of aromatic nitrogens is 2. The van der Waals surface area contributed by atoms with Gasteiger partial charge in [-0.25, -0.2) is 4.68 Å². The number of nitrogens with zero attached hydrogens (tertiary/aromatic N) is 3. The van der Waals surface area contributed by atoms with Crippen LogP contribution < -0.4 is 0 Å². The summed E-state index contributed by atoms with van der Waals surface area (Å²) >= 11 is 0. The number of hydrogen-bond acceptors (Lipinski definition) is 3. The molecular formula is C18H21N3O3. The lowest BCUT2D eigenvalue weighted by Crippen LogP contribution is -2.45. The first kappa shape index (κ1) is 16.2. The van der Waals surface area contributed by atoms with Crippen LogP contribution in [0, 0.1) is 18.8 Å². The number of carboxylic acid groups (broad SMARTS) is 1. The zero-order valence-electron chi connectivity index (χ0n) is 13.8. The highest BCUT2D eigenvalue weighted by Crippen LogP contribution is 2.25. The third-order valence-corrected chi connectivity index (χ3v) is 4.75. The van der Waals surface area contributed by atoms with Crippen molar-refractivity contribution in [1.82, 2.24) is 14.7 Å². The molecule has 2 aromatic rings. The van der Waals surface area contributed by atoms with Crippen LogP contribution in [0.5, 0.6) is 0 Å². The molecule has 1 aromatic carbocycles. The van der Waals surface area contributed by atoms with Crippen LogP contribution in [0.4, 0.5) is 0 Å². The number of para-hydroxylation sites is 1. The Bertz CT molecular complexity index is 754. The maximum atomic E-state index is 12.8. The van der Waals surface area contributed by atoms with E-state index in [0.717, 1.165) is 11.4 Å². The van der Waals surface area contributed by atoms with Crippen LogP contribution in [0.15, 0.2) is 36.5 Å². The molecule has 2 unspecified atom stereocenters. The smallest absolute Gasteiger partial charge is 0.306 e. The number of carboxylic acids is 1. The van der Waals surface area contributed by atoms with E-state index in [4.69, 9.17) is 0 Å². The molecule has 6 nitrogen and oxygen atoms in total. The number of rotatable bonds is 3. The fourth-order valence-electron chi connectivity index (χ4n) is 3.32. The molecule has 1 fully saturated rings. The molecule has 126 valence electrons. The van der Waals surface area contributed by atoms with E-state index in [9.17, 15) is 14.7 Å². The second-order valence-corrected chi connectivity index (χ2v) is 6.35. The van der Waals surface area contributed by atoms with E-state index in [1.54, 1.807) is 15.8 Å². The van der Waals surface area contributed by atoms with E-state index >= 15 is 0 Å². The Morgan fingerprint density at radius 2 is 1.96 bits per heavy atom. The predicted molar refractivity (Wildman–Crippen MR) is 89.1 cm³/mol. The number of piperidine rings is 1. The highest BCUT2D eigenvalue weighted by atomic mass is 16.4. The van der Waals surface area contributed by atoms with Crippen LogP contribution in [-0.2, 0) is 4.79 Å². The normalized spacial score (nSPS) is 20.8. The fourth-order valence-corrected chi connectivity index (χ4v) is 3.32. The van der Waals surface area contributed by atoms with Crippen LogP contribution in [0.1, 0.15) is 29.4 Å². The summed E-state index contributed by atoms with van der Waals surface area (Å²) in [6.45, 7) is 4.70. The second-order valence-electron chi connectivity index (χ2n) is 6.35. The van der Waals surface area contributed by atoms with Crippen molar-refractivity contribution in [3.63, 3.8) is 0 Å². The Morgan fingerprint density at radius 3 is 2.58 bits per heavy atom. The van der Waals surface area contributed by atoms with Crippen molar-refractivity contribution in [2.45, 2.75) is 20.3 Å². The zero-order valence-corrected chi connectivity index (χ0v) is 13.8. The summed E-state index contributed by atoms with van der Waals surface area (Å²) in [5.74, 6) is -1.28. The first-order valence-corrected chi connectivity index (χ1v) is 8.11. The molecular weight excluding hydrogens is 306 g/mol. The molecule has 3 rings (SSSR count). The summed E-state index contributed by atoms with van der Waals surface area (Å²) < 4.78 is 1.75. The maximum Gasteiger partial charge on any atom is 0.306 e. The third-order valence-electron chi connectivity index (χ3n) is 4.75. The Balaban J connectivity index is 1.80. The van der Waals surface area contributed by atoms with Gasteiger partial charge in [-0.15, -0.1) is 0 Å². The summed E-state index contributed by atoms with van der Waals surface area (Å²) in [7, 11) is 0. The van der Waals surface area contributed by atoms with Crippen LogP contribution in [0.2, 0.25) is 0 Å². The second kappa shape index (κ2) is 6.47. The summed E-state index contributed by atoms with van der Waals surface area (Å²) in [6, 6.07) is 9.67. The molecule has 1 aliphatic rings. The van der Waals surface area contributed by atoms with Crippen molar-refractivity contribution in [3.8, 4) is 5.69 Å². The van der Waals surface area contributed by atoms with Gasteiger partial charge in [0.25, 0.3) is 5.91 Å². The molecule has 0 aliphatic carbocycles. The first-order chi connectivity index (χ1) is 11.5. The number of carbonyl (C=O) groups excluding carboxylic acids is 1. The van der Waals surface area contributed by atoms with Crippen molar-refractivity contribution in [2.75, 3.05) is 13.1 Å². The minimum absolute atomic E-state index is 0.0512. The zero-order chi connectivity index (χ0) is 17.3. The lowest BCUT2D eigenvalue weighted by Gasteiger charge is -2.34. The molecule has 1 amide bonds. The minimum Gasteiger partial charge on any atom is -0.481 e. The van der Waals surface area contributed by atoms with Crippen LogP contribution in [0.25, 0.3) is 5.69 Å². The summed E-state index contributed by atoms with van der Waals surface area (Å²) in [5.41, 5.74) is 2.27. The number of benzene rings is 1. The lowest BCUT2D eigenvalue weighted by atomic mass is 9.87. The highest BCUT2D eigenvalue weighted by Gasteiger charge is 2.34. The van der Waals surface area contributed by atoms with Gasteiger partial charge >= 0.3 is 5.97 Å². The molecule has 0 radical (unpaired) electrons. The Morgan fingerprint density at radius 1 is 1.25 bits per heavy atom. The van der Waals surface area contributed by atoms with Crippen molar-refractivity contribution >= 4 is 11.9 Å². The average molecular weight is 327 g/mol. The van der Waals surface area contributed by atoms with Gasteiger partial charge in [0.1, 0.15) is 0 Å². The molecule has 1 saturated heterocycles. The van der Waals surface area contributed by atoms with E-state index in [0.29, 0.717) is 25.1 Å². The van der Waals surface area contributed by atoms with Crippen LogP contribution >= 0.6 is 0 Å². The van der Waals surface area contributed by atoms with Crippen molar-refractivity contribution in [3.05, 3.63) is 47.8 Å². The standard InChI is InChI=1S/C18H21N3O3/c1-12-11-20(9-8-15(12)18(23)24)17(22)16-10-19-21(13(16)2)14-6-4-3-5-7-14/h3-7,10,12,15H,8-9,11H2,1-2H3,(H,23,24). The monoisotopic (exact) mass is 327 g/mol. The van der Waals surface area contributed by atoms with E-state index in [2.05, 4.69) is 5.10 Å². The Labute approximate surface area is 140 Å². The van der Waals surface area contributed by atoms with Crippen molar-refractivity contribution < 1.29 is 14.7 Å². The Hall–Kier alpha value is -2.63. The Kier molecular flexibility index (Phi) is 4.38. The molecule has 2 heterocycles. The molecule has 0 spiro atoms. The predicted octanol–water partition coefficient (Wildman–Crippen LogP) is 2.36. The van der Waals surface area contributed by atoms with Gasteiger partial charge in [-0.2, -0.15) is 5.10 Å². The van der Waals surface area contributed by atoms with Gasteiger partial charge in [0, 0.05) is 13.1 Å². The van der Waals surface area contributed by atoms with Crippen molar-refractivity contribution in [2.24, 2.45) is 11.8 Å².